The molecule has 0 bridgehead atoms. The zero-order valence-corrected chi connectivity index (χ0v) is 7.23. The van der Waals surface area contributed by atoms with Crippen LogP contribution in [-0.4, -0.2) is 48.1 Å². The van der Waals surface area contributed by atoms with Crippen LogP contribution in [0.2, 0.25) is 0 Å². The predicted octanol–water partition coefficient (Wildman–Crippen LogP) is -0.423. The Bertz CT molecular complexity index is 160. The van der Waals surface area contributed by atoms with Crippen molar-refractivity contribution in [1.29, 1.82) is 0 Å². The standard InChI is InChI=1S/C4H6O5.C3H6O/c5-3(6)1-9-2-4(7)8;1-3-2-4-3/h1-2H2,(H,5,6)(H,7,8);3H,2H2,1H3. The van der Waals surface area contributed by atoms with Crippen LogP contribution in [0, 0.1) is 0 Å². The summed E-state index contributed by atoms with van der Waals surface area (Å²) in [5.74, 6) is -2.34. The van der Waals surface area contributed by atoms with Crippen LogP contribution in [0.1, 0.15) is 6.92 Å². The molecule has 6 heteroatoms. The smallest absolute Gasteiger partial charge is 0.329 e. The molecule has 0 aromatic heterocycles. The number of rotatable bonds is 4. The first-order chi connectivity index (χ1) is 6.02. The minimum absolute atomic E-state index is 0.563. The molecule has 2 N–H and O–H groups in total. The van der Waals surface area contributed by atoms with Gasteiger partial charge in [0.15, 0.2) is 0 Å². The average molecular weight is 192 g/mol. The van der Waals surface area contributed by atoms with E-state index in [2.05, 4.69) is 11.7 Å². The number of hydrogen-bond donors (Lipinski definition) is 2. The van der Waals surface area contributed by atoms with Gasteiger partial charge >= 0.3 is 11.9 Å². The van der Waals surface area contributed by atoms with Crippen molar-refractivity contribution in [2.24, 2.45) is 0 Å². The molecule has 0 radical (unpaired) electrons. The van der Waals surface area contributed by atoms with Gasteiger partial charge in [0.25, 0.3) is 0 Å². The Hall–Kier alpha value is -1.14. The van der Waals surface area contributed by atoms with Gasteiger partial charge in [-0.05, 0) is 6.92 Å². The number of carbonyl (C=O) groups is 2. The quantitative estimate of drug-likeness (QED) is 0.587. The van der Waals surface area contributed by atoms with E-state index in [1.807, 2.05) is 0 Å². The molecule has 0 aromatic rings. The van der Waals surface area contributed by atoms with Crippen molar-refractivity contribution < 1.29 is 29.3 Å². The summed E-state index contributed by atoms with van der Waals surface area (Å²) in [6, 6.07) is 0. The summed E-state index contributed by atoms with van der Waals surface area (Å²) < 4.78 is 8.87. The van der Waals surface area contributed by atoms with Crippen molar-refractivity contribution in [2.45, 2.75) is 13.0 Å². The summed E-state index contributed by atoms with van der Waals surface area (Å²) in [5, 5.41) is 15.8. The highest BCUT2D eigenvalue weighted by molar-refractivity contribution is 5.70. The molecule has 0 spiro atoms. The second kappa shape index (κ2) is 6.38. The van der Waals surface area contributed by atoms with E-state index < -0.39 is 25.2 Å². The molecule has 6 nitrogen and oxygen atoms in total. The first kappa shape index (κ1) is 11.9. The van der Waals surface area contributed by atoms with Gasteiger partial charge in [-0.2, -0.15) is 0 Å². The van der Waals surface area contributed by atoms with E-state index in [1.54, 1.807) is 0 Å². The summed E-state index contributed by atoms with van der Waals surface area (Å²) in [6.45, 7) is 1.92. The maximum Gasteiger partial charge on any atom is 0.329 e. The first-order valence-corrected chi connectivity index (χ1v) is 3.65. The fraction of sp³-hybridized carbons (Fsp3) is 0.714. The van der Waals surface area contributed by atoms with Crippen LogP contribution in [0.4, 0.5) is 0 Å². The van der Waals surface area contributed by atoms with Crippen molar-refractivity contribution in [3.05, 3.63) is 0 Å². The molecule has 1 saturated heterocycles. The molecule has 0 amide bonds. The summed E-state index contributed by atoms with van der Waals surface area (Å²) >= 11 is 0. The van der Waals surface area contributed by atoms with Crippen LogP contribution in [0.3, 0.4) is 0 Å². The second-order valence-electron chi connectivity index (χ2n) is 2.42. The Morgan fingerprint density at radius 1 is 1.38 bits per heavy atom. The zero-order chi connectivity index (χ0) is 10.3. The minimum Gasteiger partial charge on any atom is -0.480 e. The fourth-order valence-electron chi connectivity index (χ4n) is 0.322. The number of carboxylic acids is 2. The Kier molecular flexibility index (Phi) is 5.82. The van der Waals surface area contributed by atoms with Crippen LogP contribution >= 0.6 is 0 Å². The summed E-state index contributed by atoms with van der Waals surface area (Å²) in [5.41, 5.74) is 0. The average Bonchev–Trinajstić information content (AvgIpc) is 2.71. The van der Waals surface area contributed by atoms with Crippen molar-refractivity contribution in [3.8, 4) is 0 Å². The molecule has 0 aliphatic carbocycles. The number of ether oxygens (including phenoxy) is 2. The van der Waals surface area contributed by atoms with Crippen LogP contribution < -0.4 is 0 Å². The monoisotopic (exact) mass is 192 g/mol. The van der Waals surface area contributed by atoms with Crippen LogP contribution in [-0.2, 0) is 19.1 Å². The van der Waals surface area contributed by atoms with Crippen LogP contribution in [0.15, 0.2) is 0 Å². The van der Waals surface area contributed by atoms with Crippen molar-refractivity contribution in [1.82, 2.24) is 0 Å². The summed E-state index contributed by atoms with van der Waals surface area (Å²) in [4.78, 5) is 19.3. The normalized spacial score (nSPS) is 18.4. The molecule has 1 rings (SSSR count). The van der Waals surface area contributed by atoms with Gasteiger partial charge in [-0.3, -0.25) is 0 Å². The molecule has 1 aliphatic heterocycles. The van der Waals surface area contributed by atoms with Gasteiger partial charge in [0.2, 0.25) is 0 Å². The van der Waals surface area contributed by atoms with E-state index >= 15 is 0 Å². The number of epoxide rings is 1. The van der Waals surface area contributed by atoms with E-state index in [1.165, 1.54) is 0 Å². The van der Waals surface area contributed by atoms with E-state index in [0.717, 1.165) is 6.61 Å². The van der Waals surface area contributed by atoms with Gasteiger partial charge in [0.1, 0.15) is 13.2 Å². The van der Waals surface area contributed by atoms with Gasteiger partial charge in [-0.15, -0.1) is 0 Å². The summed E-state index contributed by atoms with van der Waals surface area (Å²) in [6.07, 6.45) is 0.583. The Balaban J connectivity index is 0.000000293. The molecule has 13 heavy (non-hydrogen) atoms. The summed E-state index contributed by atoms with van der Waals surface area (Å²) in [7, 11) is 0. The number of carboxylic acid groups (broad SMARTS) is 2. The Labute approximate surface area is 75.1 Å². The Morgan fingerprint density at radius 3 is 1.85 bits per heavy atom. The van der Waals surface area contributed by atoms with Crippen molar-refractivity contribution in [3.63, 3.8) is 0 Å². The Morgan fingerprint density at radius 2 is 1.69 bits per heavy atom. The lowest BCUT2D eigenvalue weighted by Gasteiger charge is -1.92. The highest BCUT2D eigenvalue weighted by Gasteiger charge is 2.13. The molecule has 0 aromatic carbocycles. The van der Waals surface area contributed by atoms with Gasteiger partial charge in [-0.1, -0.05) is 0 Å². The van der Waals surface area contributed by atoms with E-state index in [0.29, 0.717) is 6.10 Å². The predicted molar refractivity (Wildman–Crippen MR) is 41.5 cm³/mol. The lowest BCUT2D eigenvalue weighted by atomic mass is 10.6. The molecular formula is C7H12O6. The maximum atomic E-state index is 9.66. The highest BCUT2D eigenvalue weighted by Crippen LogP contribution is 2.04. The molecule has 1 heterocycles. The highest BCUT2D eigenvalue weighted by atomic mass is 16.6. The maximum absolute atomic E-state index is 9.66. The lowest BCUT2D eigenvalue weighted by Crippen LogP contribution is -2.13. The molecule has 1 aliphatic rings. The number of aliphatic carboxylic acids is 2. The minimum atomic E-state index is -1.17. The number of hydrogen-bond acceptors (Lipinski definition) is 4. The molecule has 0 saturated carbocycles. The second-order valence-corrected chi connectivity index (χ2v) is 2.42. The molecule has 1 fully saturated rings. The zero-order valence-electron chi connectivity index (χ0n) is 7.23. The molecule has 1 atom stereocenters. The van der Waals surface area contributed by atoms with Gasteiger partial charge < -0.3 is 19.7 Å². The first-order valence-electron chi connectivity index (χ1n) is 3.65. The third-order valence-electron chi connectivity index (χ3n) is 0.951. The van der Waals surface area contributed by atoms with Gasteiger partial charge in [-0.25, -0.2) is 9.59 Å². The van der Waals surface area contributed by atoms with Crippen molar-refractivity contribution >= 4 is 11.9 Å². The molecular weight excluding hydrogens is 180 g/mol. The third-order valence-corrected chi connectivity index (χ3v) is 0.951. The fourth-order valence-corrected chi connectivity index (χ4v) is 0.322. The van der Waals surface area contributed by atoms with E-state index in [4.69, 9.17) is 14.9 Å². The molecule has 1 unspecified atom stereocenters. The van der Waals surface area contributed by atoms with E-state index in [9.17, 15) is 9.59 Å². The van der Waals surface area contributed by atoms with Crippen LogP contribution in [0.5, 0.6) is 0 Å². The molecule has 76 valence electrons. The topological polar surface area (TPSA) is 96.4 Å². The van der Waals surface area contributed by atoms with Gasteiger partial charge in [0, 0.05) is 0 Å². The van der Waals surface area contributed by atoms with Gasteiger partial charge in [0.05, 0.1) is 12.7 Å². The van der Waals surface area contributed by atoms with Crippen LogP contribution in [0.25, 0.3) is 0 Å². The van der Waals surface area contributed by atoms with Crippen molar-refractivity contribution in [2.75, 3.05) is 19.8 Å². The third kappa shape index (κ3) is 13.8. The largest absolute Gasteiger partial charge is 0.480 e. The SMILES string of the molecule is CC1CO1.O=C(O)COCC(=O)O. The van der Waals surface area contributed by atoms with E-state index in [-0.39, 0.29) is 0 Å². The lowest BCUT2D eigenvalue weighted by molar-refractivity contribution is -0.148.